The van der Waals surface area contributed by atoms with Crippen molar-refractivity contribution in [3.8, 4) is 5.75 Å². The number of fused-ring (bicyclic) bond motifs is 2. The summed E-state index contributed by atoms with van der Waals surface area (Å²) in [4.78, 5) is 41.4. The van der Waals surface area contributed by atoms with Gasteiger partial charge in [0.2, 0.25) is 5.91 Å². The maximum absolute atomic E-state index is 13.3. The van der Waals surface area contributed by atoms with Gasteiger partial charge in [-0.15, -0.1) is 0 Å². The van der Waals surface area contributed by atoms with Crippen molar-refractivity contribution in [2.45, 2.75) is 25.8 Å². The van der Waals surface area contributed by atoms with Crippen molar-refractivity contribution < 1.29 is 19.1 Å². The summed E-state index contributed by atoms with van der Waals surface area (Å²) in [7, 11) is 1.57. The topological polar surface area (TPSA) is 66.9 Å². The third-order valence-electron chi connectivity index (χ3n) is 5.24. The van der Waals surface area contributed by atoms with Gasteiger partial charge in [-0.05, 0) is 43.5 Å². The zero-order valence-corrected chi connectivity index (χ0v) is 15.3. The molecular formula is C21H20N2O4. The quantitative estimate of drug-likeness (QED) is 0.786. The lowest BCUT2D eigenvalue weighted by molar-refractivity contribution is -0.122. The van der Waals surface area contributed by atoms with Crippen LogP contribution in [0, 0.1) is 0 Å². The molecule has 0 saturated heterocycles. The first-order valence-corrected chi connectivity index (χ1v) is 8.98. The van der Waals surface area contributed by atoms with Crippen molar-refractivity contribution in [2.24, 2.45) is 0 Å². The van der Waals surface area contributed by atoms with Gasteiger partial charge in [-0.1, -0.05) is 24.3 Å². The Morgan fingerprint density at radius 1 is 1.04 bits per heavy atom. The first-order valence-electron chi connectivity index (χ1n) is 8.98. The molecule has 27 heavy (non-hydrogen) atoms. The normalized spacial score (nSPS) is 16.8. The summed E-state index contributed by atoms with van der Waals surface area (Å²) >= 11 is 0. The van der Waals surface area contributed by atoms with Gasteiger partial charge in [0.15, 0.2) is 0 Å². The molecule has 4 rings (SSSR count). The number of hydrogen-bond donors (Lipinski definition) is 0. The number of hydrogen-bond acceptors (Lipinski definition) is 4. The van der Waals surface area contributed by atoms with Crippen LogP contribution in [0.1, 0.15) is 39.6 Å². The van der Waals surface area contributed by atoms with Crippen LogP contribution in [-0.2, 0) is 11.2 Å². The Balaban J connectivity index is 1.68. The van der Waals surface area contributed by atoms with E-state index < -0.39 is 17.9 Å². The van der Waals surface area contributed by atoms with Crippen LogP contribution in [0.5, 0.6) is 5.75 Å². The Labute approximate surface area is 157 Å². The van der Waals surface area contributed by atoms with Crippen LogP contribution < -0.4 is 9.64 Å². The summed E-state index contributed by atoms with van der Waals surface area (Å²) in [6, 6.07) is 11.5. The number of methoxy groups -OCH3 is 1. The average Bonchev–Trinajstić information content (AvgIpc) is 2.96. The molecule has 2 aliphatic rings. The van der Waals surface area contributed by atoms with Crippen LogP contribution in [0.4, 0.5) is 5.69 Å². The van der Waals surface area contributed by atoms with Crippen LogP contribution in [0.25, 0.3) is 0 Å². The van der Waals surface area contributed by atoms with Gasteiger partial charge < -0.3 is 9.64 Å². The largest absolute Gasteiger partial charge is 0.495 e. The molecular weight excluding hydrogens is 344 g/mol. The fourth-order valence-corrected chi connectivity index (χ4v) is 3.90. The lowest BCUT2D eigenvalue weighted by Crippen LogP contribution is -2.50. The number of benzene rings is 2. The van der Waals surface area contributed by atoms with Gasteiger partial charge in [-0.2, -0.15) is 0 Å². The van der Waals surface area contributed by atoms with Gasteiger partial charge >= 0.3 is 0 Å². The van der Waals surface area contributed by atoms with E-state index in [9.17, 15) is 14.4 Å². The fraction of sp³-hybridized carbons (Fsp3) is 0.286. The number of carbonyl (C=O) groups excluding carboxylic acids is 3. The second kappa shape index (κ2) is 6.54. The molecule has 0 saturated carbocycles. The number of nitrogens with zero attached hydrogens (tertiary/aromatic N) is 2. The Morgan fingerprint density at radius 2 is 1.70 bits per heavy atom. The van der Waals surface area contributed by atoms with Gasteiger partial charge in [-0.25, -0.2) is 0 Å². The van der Waals surface area contributed by atoms with Gasteiger partial charge in [0.05, 0.1) is 23.9 Å². The SMILES string of the molecule is COc1cccc2c1N(C(=O)C(C)N1C(=O)c3ccccc3C1=O)CCC2. The van der Waals surface area contributed by atoms with Gasteiger partial charge in [0.25, 0.3) is 11.8 Å². The van der Waals surface area contributed by atoms with Crippen molar-refractivity contribution in [1.29, 1.82) is 0 Å². The molecule has 3 amide bonds. The Hall–Kier alpha value is -3.15. The second-order valence-corrected chi connectivity index (χ2v) is 6.76. The Kier molecular flexibility index (Phi) is 4.18. The van der Waals surface area contributed by atoms with Gasteiger partial charge in [0, 0.05) is 6.54 Å². The number of aryl methyl sites for hydroxylation is 1. The van der Waals surface area contributed by atoms with Crippen molar-refractivity contribution >= 4 is 23.4 Å². The molecule has 6 heteroatoms. The van der Waals surface area contributed by atoms with Crippen molar-refractivity contribution in [3.63, 3.8) is 0 Å². The maximum atomic E-state index is 13.3. The number of imide groups is 1. The highest BCUT2D eigenvalue weighted by Crippen LogP contribution is 2.37. The molecule has 1 unspecified atom stereocenters. The molecule has 2 aromatic rings. The van der Waals surface area contributed by atoms with E-state index in [4.69, 9.17) is 4.74 Å². The molecule has 0 aromatic heterocycles. The summed E-state index contributed by atoms with van der Waals surface area (Å²) in [6.45, 7) is 2.13. The summed E-state index contributed by atoms with van der Waals surface area (Å²) in [5.41, 5.74) is 2.46. The summed E-state index contributed by atoms with van der Waals surface area (Å²) in [6.07, 6.45) is 1.68. The molecule has 1 atom stereocenters. The average molecular weight is 364 g/mol. The molecule has 0 bridgehead atoms. The first-order chi connectivity index (χ1) is 13.0. The molecule has 6 nitrogen and oxygen atoms in total. The lowest BCUT2D eigenvalue weighted by atomic mass is 10.00. The first kappa shape index (κ1) is 17.3. The van der Waals surface area contributed by atoms with E-state index in [-0.39, 0.29) is 5.91 Å². The molecule has 0 radical (unpaired) electrons. The minimum atomic E-state index is -0.895. The predicted octanol–water partition coefficient (Wildman–Crippen LogP) is 2.66. The molecule has 0 fully saturated rings. The third kappa shape index (κ3) is 2.60. The third-order valence-corrected chi connectivity index (χ3v) is 5.24. The molecule has 138 valence electrons. The number of carbonyl (C=O) groups is 3. The zero-order valence-electron chi connectivity index (χ0n) is 15.3. The van der Waals surface area contributed by atoms with Crippen molar-refractivity contribution in [2.75, 3.05) is 18.6 Å². The van der Waals surface area contributed by atoms with Crippen molar-refractivity contribution in [1.82, 2.24) is 4.90 Å². The maximum Gasteiger partial charge on any atom is 0.262 e. The second-order valence-electron chi connectivity index (χ2n) is 6.76. The summed E-state index contributed by atoms with van der Waals surface area (Å²) in [5.74, 6) is -0.507. The summed E-state index contributed by atoms with van der Waals surface area (Å²) < 4.78 is 5.45. The fourth-order valence-electron chi connectivity index (χ4n) is 3.90. The van der Waals surface area contributed by atoms with Crippen LogP contribution in [0.3, 0.4) is 0 Å². The standard InChI is InChI=1S/C21H20N2O4/c1-13(23-20(25)15-9-3-4-10-16(15)21(23)26)19(24)22-12-6-8-14-7-5-11-17(27-2)18(14)22/h3-5,7,9-11,13H,6,8,12H2,1-2H3. The van der Waals surface area contributed by atoms with E-state index in [2.05, 4.69) is 0 Å². The van der Waals surface area contributed by atoms with Crippen LogP contribution in [-0.4, -0.2) is 42.3 Å². The predicted molar refractivity (Wildman–Crippen MR) is 100 cm³/mol. The van der Waals surface area contributed by atoms with E-state index in [1.807, 2.05) is 18.2 Å². The smallest absolute Gasteiger partial charge is 0.262 e. The lowest BCUT2D eigenvalue weighted by Gasteiger charge is -2.34. The zero-order chi connectivity index (χ0) is 19.1. The molecule has 0 aliphatic carbocycles. The Morgan fingerprint density at radius 3 is 2.33 bits per heavy atom. The Bertz CT molecular complexity index is 904. The number of rotatable bonds is 3. The van der Waals surface area contributed by atoms with Crippen LogP contribution in [0.15, 0.2) is 42.5 Å². The van der Waals surface area contributed by atoms with Crippen LogP contribution >= 0.6 is 0 Å². The monoisotopic (exact) mass is 364 g/mol. The molecule has 0 spiro atoms. The van der Waals surface area contributed by atoms with Crippen molar-refractivity contribution in [3.05, 3.63) is 59.2 Å². The van der Waals surface area contributed by atoms with Gasteiger partial charge in [0.1, 0.15) is 11.8 Å². The van der Waals surface area contributed by atoms with E-state index in [0.717, 1.165) is 29.0 Å². The van der Waals surface area contributed by atoms with E-state index in [0.29, 0.717) is 23.4 Å². The molecule has 2 aliphatic heterocycles. The minimum absolute atomic E-state index is 0.282. The minimum Gasteiger partial charge on any atom is -0.495 e. The number of para-hydroxylation sites is 1. The summed E-state index contributed by atoms with van der Waals surface area (Å²) in [5, 5.41) is 0. The van der Waals surface area contributed by atoms with Crippen LogP contribution in [0.2, 0.25) is 0 Å². The number of ether oxygens (including phenoxy) is 1. The van der Waals surface area contributed by atoms with E-state index in [1.165, 1.54) is 0 Å². The number of anilines is 1. The highest BCUT2D eigenvalue weighted by atomic mass is 16.5. The van der Waals surface area contributed by atoms with E-state index >= 15 is 0 Å². The molecule has 2 heterocycles. The molecule has 0 N–H and O–H groups in total. The van der Waals surface area contributed by atoms with Gasteiger partial charge in [-0.3, -0.25) is 19.3 Å². The van der Waals surface area contributed by atoms with E-state index in [1.54, 1.807) is 43.2 Å². The molecule has 2 aromatic carbocycles. The highest BCUT2D eigenvalue weighted by molar-refractivity contribution is 6.23. The number of amides is 3. The highest BCUT2D eigenvalue weighted by Gasteiger charge is 2.42.